The van der Waals surface area contributed by atoms with Gasteiger partial charge in [0.2, 0.25) is 15.9 Å². The number of hydrogen-bond acceptors (Lipinski definition) is 6. The van der Waals surface area contributed by atoms with Crippen LogP contribution in [0.25, 0.3) is 0 Å². The number of anilines is 1. The van der Waals surface area contributed by atoms with Crippen molar-refractivity contribution >= 4 is 27.5 Å². The molecule has 3 aliphatic rings. The summed E-state index contributed by atoms with van der Waals surface area (Å²) in [4.78, 5) is 28.9. The van der Waals surface area contributed by atoms with Crippen LogP contribution >= 0.6 is 0 Å². The van der Waals surface area contributed by atoms with Crippen LogP contribution in [0.2, 0.25) is 0 Å². The summed E-state index contributed by atoms with van der Waals surface area (Å²) >= 11 is 0. The van der Waals surface area contributed by atoms with Crippen molar-refractivity contribution in [3.05, 3.63) is 47.0 Å². The highest BCUT2D eigenvalue weighted by atomic mass is 32.2. The number of rotatable bonds is 5. The Balaban J connectivity index is 1.31. The van der Waals surface area contributed by atoms with Crippen LogP contribution in [-0.2, 0) is 27.7 Å². The highest BCUT2D eigenvalue weighted by Gasteiger charge is 2.35. The van der Waals surface area contributed by atoms with Crippen molar-refractivity contribution in [1.82, 2.24) is 9.21 Å². The van der Waals surface area contributed by atoms with Crippen LogP contribution in [0.1, 0.15) is 27.9 Å². The molecule has 0 unspecified atom stereocenters. The van der Waals surface area contributed by atoms with E-state index in [1.54, 1.807) is 40.1 Å². The van der Waals surface area contributed by atoms with Crippen molar-refractivity contribution in [2.45, 2.75) is 24.2 Å². The molecule has 1 fully saturated rings. The third-order valence-corrected chi connectivity index (χ3v) is 8.70. The lowest BCUT2D eigenvalue weighted by atomic mass is 10.00. The first-order valence-electron chi connectivity index (χ1n) is 11.3. The first kappa shape index (κ1) is 22.7. The Morgan fingerprint density at radius 3 is 2.21 bits per heavy atom. The molecule has 0 aliphatic carbocycles. The predicted molar refractivity (Wildman–Crippen MR) is 125 cm³/mol. The number of aryl methyl sites for hydroxylation is 1. The number of nitrogens with zero attached hydrogens (tertiary/aromatic N) is 3. The highest BCUT2D eigenvalue weighted by molar-refractivity contribution is 7.89. The van der Waals surface area contributed by atoms with E-state index in [2.05, 4.69) is 0 Å². The standard InChI is InChI=1S/C24H27N3O6S/c1-32-20-5-3-18(15-21(20)33-2)24(29)25-9-11-26(12-10-25)34(30,31)19-13-16-4-6-22(28)27-8-7-17(14-19)23(16)27/h3,5,13-15H,4,6-12H2,1-2H3. The van der Waals surface area contributed by atoms with Crippen molar-refractivity contribution in [1.29, 1.82) is 0 Å². The minimum absolute atomic E-state index is 0.108. The second-order valence-electron chi connectivity index (χ2n) is 8.65. The van der Waals surface area contributed by atoms with Gasteiger partial charge in [-0.25, -0.2) is 8.42 Å². The number of piperazine rings is 1. The number of sulfonamides is 1. The normalized spacial score (nSPS) is 18.1. The van der Waals surface area contributed by atoms with E-state index in [4.69, 9.17) is 9.47 Å². The van der Waals surface area contributed by atoms with Gasteiger partial charge < -0.3 is 19.3 Å². The van der Waals surface area contributed by atoms with Crippen molar-refractivity contribution in [3.63, 3.8) is 0 Å². The number of ether oxygens (including phenoxy) is 2. The Labute approximate surface area is 198 Å². The lowest BCUT2D eigenvalue weighted by Gasteiger charge is -2.34. The van der Waals surface area contributed by atoms with Gasteiger partial charge in [0.15, 0.2) is 11.5 Å². The van der Waals surface area contributed by atoms with Gasteiger partial charge in [-0.1, -0.05) is 0 Å². The fourth-order valence-corrected chi connectivity index (χ4v) is 6.53. The number of carbonyl (C=O) groups is 2. The van der Waals surface area contributed by atoms with E-state index in [0.717, 1.165) is 16.8 Å². The van der Waals surface area contributed by atoms with Gasteiger partial charge in [-0.05, 0) is 54.3 Å². The number of hydrogen-bond donors (Lipinski definition) is 0. The number of carbonyl (C=O) groups excluding carboxylic acids is 2. The maximum Gasteiger partial charge on any atom is 0.254 e. The Kier molecular flexibility index (Phi) is 5.73. The van der Waals surface area contributed by atoms with Crippen LogP contribution in [-0.4, -0.2) is 76.4 Å². The van der Waals surface area contributed by atoms with E-state index in [0.29, 0.717) is 56.0 Å². The van der Waals surface area contributed by atoms with Gasteiger partial charge in [0.1, 0.15) is 0 Å². The van der Waals surface area contributed by atoms with E-state index in [1.807, 2.05) is 0 Å². The van der Waals surface area contributed by atoms with Crippen molar-refractivity contribution in [2.24, 2.45) is 0 Å². The van der Waals surface area contributed by atoms with Crippen LogP contribution in [0.3, 0.4) is 0 Å². The van der Waals surface area contributed by atoms with Crippen LogP contribution in [0.15, 0.2) is 35.2 Å². The molecule has 2 aromatic carbocycles. The van der Waals surface area contributed by atoms with Gasteiger partial charge >= 0.3 is 0 Å². The molecular formula is C24H27N3O6S. The largest absolute Gasteiger partial charge is 0.493 e. The third kappa shape index (κ3) is 3.70. The minimum atomic E-state index is -3.70. The molecule has 9 nitrogen and oxygen atoms in total. The van der Waals surface area contributed by atoms with Crippen molar-refractivity contribution in [3.8, 4) is 11.5 Å². The summed E-state index contributed by atoms with van der Waals surface area (Å²) in [5.74, 6) is 0.938. The van der Waals surface area contributed by atoms with Gasteiger partial charge in [-0.3, -0.25) is 9.59 Å². The summed E-state index contributed by atoms with van der Waals surface area (Å²) in [6.07, 6.45) is 1.65. The summed E-state index contributed by atoms with van der Waals surface area (Å²) in [5.41, 5.74) is 3.22. The zero-order valence-electron chi connectivity index (χ0n) is 19.2. The predicted octanol–water partition coefficient (Wildman–Crippen LogP) is 1.69. The molecule has 34 heavy (non-hydrogen) atoms. The number of amides is 2. The van der Waals surface area contributed by atoms with Crippen molar-refractivity contribution < 1.29 is 27.5 Å². The number of methoxy groups -OCH3 is 2. The van der Waals surface area contributed by atoms with Gasteiger partial charge in [-0.15, -0.1) is 0 Å². The molecule has 0 saturated carbocycles. The summed E-state index contributed by atoms with van der Waals surface area (Å²) < 4.78 is 38.8. The van der Waals surface area contributed by atoms with E-state index in [-0.39, 0.29) is 29.8 Å². The molecule has 0 bridgehead atoms. The van der Waals surface area contributed by atoms with Crippen LogP contribution in [0, 0.1) is 0 Å². The van der Waals surface area contributed by atoms with E-state index in [9.17, 15) is 18.0 Å². The molecule has 0 aromatic heterocycles. The molecule has 5 rings (SSSR count). The quantitative estimate of drug-likeness (QED) is 0.640. The molecular weight excluding hydrogens is 458 g/mol. The fraction of sp³-hybridized carbons (Fsp3) is 0.417. The summed E-state index contributed by atoms with van der Waals surface area (Å²) in [6, 6.07) is 8.43. The average Bonchev–Trinajstić information content (AvgIpc) is 3.31. The summed E-state index contributed by atoms with van der Waals surface area (Å²) in [7, 11) is -0.657. The van der Waals surface area contributed by atoms with Crippen LogP contribution in [0.4, 0.5) is 5.69 Å². The fourth-order valence-electron chi connectivity index (χ4n) is 5.01. The Hall–Kier alpha value is -3.11. The van der Waals surface area contributed by atoms with E-state index >= 15 is 0 Å². The first-order valence-corrected chi connectivity index (χ1v) is 12.7. The highest BCUT2D eigenvalue weighted by Crippen LogP contribution is 2.39. The molecule has 3 aliphatic heterocycles. The molecule has 0 spiro atoms. The molecule has 0 radical (unpaired) electrons. The van der Waals surface area contributed by atoms with Crippen LogP contribution in [0.5, 0.6) is 11.5 Å². The van der Waals surface area contributed by atoms with Gasteiger partial charge in [0, 0.05) is 44.7 Å². The van der Waals surface area contributed by atoms with Gasteiger partial charge in [0.05, 0.1) is 24.8 Å². The topological polar surface area (TPSA) is 96.5 Å². The zero-order chi connectivity index (χ0) is 24.0. The van der Waals surface area contributed by atoms with E-state index in [1.165, 1.54) is 18.5 Å². The Morgan fingerprint density at radius 1 is 0.853 bits per heavy atom. The minimum Gasteiger partial charge on any atom is -0.493 e. The zero-order valence-corrected chi connectivity index (χ0v) is 20.1. The Bertz CT molecular complexity index is 1270. The van der Waals surface area contributed by atoms with Crippen LogP contribution < -0.4 is 14.4 Å². The molecule has 0 atom stereocenters. The molecule has 3 heterocycles. The maximum absolute atomic E-state index is 13.4. The van der Waals surface area contributed by atoms with E-state index < -0.39 is 10.0 Å². The smallest absolute Gasteiger partial charge is 0.254 e. The van der Waals surface area contributed by atoms with Crippen molar-refractivity contribution in [2.75, 3.05) is 51.8 Å². The SMILES string of the molecule is COc1ccc(C(=O)N2CCN(S(=O)(=O)c3cc4c5c(c3)CCN5C(=O)CC4)CC2)cc1OC. The van der Waals surface area contributed by atoms with Gasteiger partial charge in [-0.2, -0.15) is 4.31 Å². The lowest BCUT2D eigenvalue weighted by Crippen LogP contribution is -2.50. The molecule has 10 heteroatoms. The average molecular weight is 486 g/mol. The molecule has 1 saturated heterocycles. The molecule has 0 N–H and O–H groups in total. The Morgan fingerprint density at radius 2 is 1.53 bits per heavy atom. The summed E-state index contributed by atoms with van der Waals surface area (Å²) in [5, 5.41) is 0. The summed E-state index contributed by atoms with van der Waals surface area (Å²) in [6.45, 7) is 1.65. The second kappa shape index (κ2) is 8.59. The monoisotopic (exact) mass is 485 g/mol. The molecule has 180 valence electrons. The first-order chi connectivity index (χ1) is 16.3. The third-order valence-electron chi connectivity index (χ3n) is 6.82. The maximum atomic E-state index is 13.4. The second-order valence-corrected chi connectivity index (χ2v) is 10.6. The molecule has 2 amide bonds. The van der Waals surface area contributed by atoms with Gasteiger partial charge in [0.25, 0.3) is 5.91 Å². The lowest BCUT2D eigenvalue weighted by molar-refractivity contribution is -0.118. The molecule has 2 aromatic rings. The number of benzene rings is 2.